The lowest BCUT2D eigenvalue weighted by atomic mass is 9.69. The first-order chi connectivity index (χ1) is 13.8. The minimum Gasteiger partial charge on any atom is -0.375 e. The van der Waals surface area contributed by atoms with Crippen LogP contribution >= 0.6 is 0 Å². The van der Waals surface area contributed by atoms with Crippen molar-refractivity contribution in [2.24, 2.45) is 0 Å². The van der Waals surface area contributed by atoms with E-state index in [1.807, 2.05) is 12.1 Å². The maximum absolute atomic E-state index is 13.8. The van der Waals surface area contributed by atoms with Crippen molar-refractivity contribution >= 4 is 0 Å². The first-order valence-electron chi connectivity index (χ1n) is 9.95. The zero-order valence-electron chi connectivity index (χ0n) is 16.0. The molecule has 3 aromatic carbocycles. The Kier molecular flexibility index (Phi) is 5.84. The number of hydrogen-bond acceptors (Lipinski definition) is 2. The lowest BCUT2D eigenvalue weighted by Crippen LogP contribution is -2.38. The van der Waals surface area contributed by atoms with Crippen LogP contribution in [0.1, 0.15) is 35.1 Å². The predicted molar refractivity (Wildman–Crippen MR) is 111 cm³/mol. The molecule has 1 aliphatic heterocycles. The van der Waals surface area contributed by atoms with Gasteiger partial charge in [-0.05, 0) is 42.1 Å². The number of benzene rings is 3. The molecule has 0 bridgehead atoms. The molecule has 0 saturated heterocycles. The summed E-state index contributed by atoms with van der Waals surface area (Å²) < 4.78 is 19.8. The molecule has 1 N–H and O–H groups in total. The normalized spacial score (nSPS) is 18.6. The maximum atomic E-state index is 13.8. The van der Waals surface area contributed by atoms with Gasteiger partial charge in [-0.15, -0.1) is 0 Å². The Bertz CT molecular complexity index is 911. The van der Waals surface area contributed by atoms with Crippen LogP contribution in [0.2, 0.25) is 0 Å². The van der Waals surface area contributed by atoms with Gasteiger partial charge in [0, 0.05) is 17.5 Å². The molecule has 144 valence electrons. The molecule has 3 aromatic rings. The summed E-state index contributed by atoms with van der Waals surface area (Å²) >= 11 is 0. The van der Waals surface area contributed by atoms with E-state index in [4.69, 9.17) is 4.74 Å². The third kappa shape index (κ3) is 3.87. The van der Waals surface area contributed by atoms with E-state index in [2.05, 4.69) is 59.9 Å². The fourth-order valence-corrected chi connectivity index (χ4v) is 4.25. The van der Waals surface area contributed by atoms with Crippen molar-refractivity contribution < 1.29 is 9.13 Å². The summed E-state index contributed by atoms with van der Waals surface area (Å²) in [5.74, 6) is -0.148. The van der Waals surface area contributed by atoms with Gasteiger partial charge in [0.1, 0.15) is 5.82 Å². The Morgan fingerprint density at radius 3 is 2.50 bits per heavy atom. The second-order valence-corrected chi connectivity index (χ2v) is 7.47. The molecule has 0 saturated carbocycles. The summed E-state index contributed by atoms with van der Waals surface area (Å²) in [5.41, 5.74) is 4.54. The number of nitrogens with one attached hydrogen (secondary N) is 1. The van der Waals surface area contributed by atoms with Crippen LogP contribution in [0.3, 0.4) is 0 Å². The molecular weight excluding hydrogens is 349 g/mol. The molecule has 0 spiro atoms. The highest BCUT2D eigenvalue weighted by molar-refractivity contribution is 5.45. The third-order valence-corrected chi connectivity index (χ3v) is 5.70. The molecule has 1 aliphatic rings. The molecule has 4 rings (SSSR count). The quantitative estimate of drug-likeness (QED) is 0.572. The van der Waals surface area contributed by atoms with Crippen molar-refractivity contribution in [1.82, 2.24) is 5.32 Å². The van der Waals surface area contributed by atoms with Gasteiger partial charge in [-0.25, -0.2) is 4.39 Å². The van der Waals surface area contributed by atoms with Gasteiger partial charge in [0.2, 0.25) is 0 Å². The highest BCUT2D eigenvalue weighted by Crippen LogP contribution is 2.41. The summed E-state index contributed by atoms with van der Waals surface area (Å²) in [5, 5.41) is 3.39. The third-order valence-electron chi connectivity index (χ3n) is 5.70. The summed E-state index contributed by atoms with van der Waals surface area (Å²) in [6, 6.07) is 26.2. The molecule has 3 heteroatoms. The Hall–Kier alpha value is -2.49. The smallest absolute Gasteiger partial charge is 0.127 e. The minimum absolute atomic E-state index is 0.129. The standard InChI is InChI=1S/C25H26FNO/c26-24-14-7-5-9-20(24)17-27-16-8-15-25(22-11-2-1-3-12-22)19-28-18-21-10-4-6-13-23(21)25/h1-7,9-14,27H,8,15-19H2. The van der Waals surface area contributed by atoms with Crippen LogP contribution in [0, 0.1) is 5.82 Å². The Morgan fingerprint density at radius 2 is 1.64 bits per heavy atom. The number of halogens is 1. The van der Waals surface area contributed by atoms with E-state index in [0.29, 0.717) is 25.3 Å². The fraction of sp³-hybridized carbons (Fsp3) is 0.280. The van der Waals surface area contributed by atoms with Crippen LogP contribution in [-0.2, 0) is 23.3 Å². The van der Waals surface area contributed by atoms with Crippen molar-refractivity contribution in [3.8, 4) is 0 Å². The molecule has 28 heavy (non-hydrogen) atoms. The zero-order chi connectivity index (χ0) is 19.2. The average molecular weight is 375 g/mol. The van der Waals surface area contributed by atoms with Crippen LogP contribution in [0.4, 0.5) is 4.39 Å². The highest BCUT2D eigenvalue weighted by Gasteiger charge is 2.38. The van der Waals surface area contributed by atoms with E-state index < -0.39 is 0 Å². The molecule has 0 fully saturated rings. The second-order valence-electron chi connectivity index (χ2n) is 7.47. The van der Waals surface area contributed by atoms with E-state index >= 15 is 0 Å². The van der Waals surface area contributed by atoms with Gasteiger partial charge in [0.15, 0.2) is 0 Å². The first-order valence-corrected chi connectivity index (χ1v) is 9.95. The summed E-state index contributed by atoms with van der Waals surface area (Å²) in [6.07, 6.45) is 1.97. The van der Waals surface area contributed by atoms with Gasteiger partial charge in [-0.2, -0.15) is 0 Å². The van der Waals surface area contributed by atoms with Crippen LogP contribution in [-0.4, -0.2) is 13.2 Å². The first kappa shape index (κ1) is 18.9. The number of rotatable bonds is 7. The average Bonchev–Trinajstić information content (AvgIpc) is 2.75. The van der Waals surface area contributed by atoms with Gasteiger partial charge in [-0.3, -0.25) is 0 Å². The van der Waals surface area contributed by atoms with Gasteiger partial charge < -0.3 is 10.1 Å². The topological polar surface area (TPSA) is 21.3 Å². The van der Waals surface area contributed by atoms with Gasteiger partial charge >= 0.3 is 0 Å². The Balaban J connectivity index is 1.48. The van der Waals surface area contributed by atoms with Crippen molar-refractivity contribution in [3.05, 3.63) is 107 Å². The number of fused-ring (bicyclic) bond motifs is 1. The molecule has 1 unspecified atom stereocenters. The fourth-order valence-electron chi connectivity index (χ4n) is 4.25. The zero-order valence-corrected chi connectivity index (χ0v) is 16.0. The summed E-state index contributed by atoms with van der Waals surface area (Å²) in [6.45, 7) is 2.76. The van der Waals surface area contributed by atoms with Crippen molar-refractivity contribution in [3.63, 3.8) is 0 Å². The van der Waals surface area contributed by atoms with Gasteiger partial charge in [0.25, 0.3) is 0 Å². The minimum atomic E-state index is -0.148. The Morgan fingerprint density at radius 1 is 0.893 bits per heavy atom. The monoisotopic (exact) mass is 375 g/mol. The molecule has 0 aliphatic carbocycles. The molecule has 2 nitrogen and oxygen atoms in total. The van der Waals surface area contributed by atoms with Gasteiger partial charge in [0.05, 0.1) is 13.2 Å². The van der Waals surface area contributed by atoms with E-state index in [1.54, 1.807) is 6.07 Å². The largest absolute Gasteiger partial charge is 0.375 e. The van der Waals surface area contributed by atoms with E-state index in [0.717, 1.165) is 19.4 Å². The number of ether oxygens (including phenoxy) is 1. The summed E-state index contributed by atoms with van der Waals surface area (Å²) in [4.78, 5) is 0. The van der Waals surface area contributed by atoms with Gasteiger partial charge in [-0.1, -0.05) is 72.8 Å². The maximum Gasteiger partial charge on any atom is 0.127 e. The second kappa shape index (κ2) is 8.68. The van der Waals surface area contributed by atoms with Crippen LogP contribution < -0.4 is 5.32 Å². The molecule has 0 amide bonds. The molecule has 1 atom stereocenters. The van der Waals surface area contributed by atoms with Crippen LogP contribution in [0.15, 0.2) is 78.9 Å². The molecular formula is C25H26FNO. The van der Waals surface area contributed by atoms with Crippen molar-refractivity contribution in [1.29, 1.82) is 0 Å². The Labute approximate surface area is 166 Å². The molecule has 1 heterocycles. The lowest BCUT2D eigenvalue weighted by molar-refractivity contribution is 0.0613. The van der Waals surface area contributed by atoms with E-state index in [9.17, 15) is 4.39 Å². The van der Waals surface area contributed by atoms with Crippen molar-refractivity contribution in [2.75, 3.05) is 13.2 Å². The van der Waals surface area contributed by atoms with Crippen LogP contribution in [0.25, 0.3) is 0 Å². The highest BCUT2D eigenvalue weighted by atomic mass is 19.1. The SMILES string of the molecule is Fc1ccccc1CNCCCC1(c2ccccc2)COCc2ccccc21. The molecule has 0 aromatic heterocycles. The molecule has 0 radical (unpaired) electrons. The van der Waals surface area contributed by atoms with Crippen LogP contribution in [0.5, 0.6) is 0 Å². The van der Waals surface area contributed by atoms with E-state index in [-0.39, 0.29) is 11.2 Å². The summed E-state index contributed by atoms with van der Waals surface area (Å²) in [7, 11) is 0. The van der Waals surface area contributed by atoms with Crippen molar-refractivity contribution in [2.45, 2.75) is 31.4 Å². The predicted octanol–water partition coefficient (Wildman–Crippen LogP) is 5.21. The number of hydrogen-bond donors (Lipinski definition) is 1. The van der Waals surface area contributed by atoms with E-state index in [1.165, 1.54) is 22.8 Å². The lowest BCUT2D eigenvalue weighted by Gasteiger charge is -2.40.